The van der Waals surface area contributed by atoms with E-state index < -0.39 is 0 Å². The van der Waals surface area contributed by atoms with Gasteiger partial charge in [-0.2, -0.15) is 0 Å². The van der Waals surface area contributed by atoms with E-state index in [1.54, 1.807) is 16.2 Å². The van der Waals surface area contributed by atoms with Crippen molar-refractivity contribution in [3.63, 3.8) is 0 Å². The van der Waals surface area contributed by atoms with Gasteiger partial charge in [0.1, 0.15) is 0 Å². The smallest absolute Gasteiger partial charge is 0.270 e. The van der Waals surface area contributed by atoms with E-state index in [0.29, 0.717) is 6.54 Å². The minimum Gasteiger partial charge on any atom is -0.279 e. The summed E-state index contributed by atoms with van der Waals surface area (Å²) in [6, 6.07) is 18.1. The van der Waals surface area contributed by atoms with Crippen LogP contribution < -0.4 is 4.90 Å². The summed E-state index contributed by atoms with van der Waals surface area (Å²) in [5.74, 6) is -0.00251. The van der Waals surface area contributed by atoms with Crippen molar-refractivity contribution < 1.29 is 4.79 Å². The number of aryl methyl sites for hydroxylation is 2. The Bertz CT molecular complexity index is 1050. The Hall–Kier alpha value is -2.50. The number of thiophene rings is 1. The highest BCUT2D eigenvalue weighted by Gasteiger charge is 2.22. The van der Waals surface area contributed by atoms with Gasteiger partial charge in [-0.1, -0.05) is 53.8 Å². The van der Waals surface area contributed by atoms with Gasteiger partial charge in [-0.3, -0.25) is 9.69 Å². The number of carbonyl (C=O) groups excluding carboxylic acids is 1. The summed E-state index contributed by atoms with van der Waals surface area (Å²) in [6.45, 7) is 4.68. The monoisotopic (exact) mass is 378 g/mol. The first-order chi connectivity index (χ1) is 12.6. The molecule has 4 aromatic rings. The third kappa shape index (κ3) is 3.28. The van der Waals surface area contributed by atoms with Crippen molar-refractivity contribution in [2.75, 3.05) is 4.90 Å². The Kier molecular flexibility index (Phi) is 4.57. The molecule has 2 aromatic carbocycles. The molecule has 1 amide bonds. The number of hydrogen-bond donors (Lipinski definition) is 0. The van der Waals surface area contributed by atoms with E-state index in [4.69, 9.17) is 4.98 Å². The van der Waals surface area contributed by atoms with E-state index in [2.05, 4.69) is 26.0 Å². The van der Waals surface area contributed by atoms with Gasteiger partial charge in [-0.05, 0) is 48.1 Å². The zero-order chi connectivity index (χ0) is 18.1. The Balaban J connectivity index is 1.79. The van der Waals surface area contributed by atoms with Gasteiger partial charge in [0.15, 0.2) is 5.13 Å². The lowest BCUT2D eigenvalue weighted by molar-refractivity contribution is 0.0989. The number of nitrogens with zero attached hydrogens (tertiary/aromatic N) is 2. The molecule has 2 heterocycles. The summed E-state index contributed by atoms with van der Waals surface area (Å²) in [7, 11) is 0. The molecule has 0 unspecified atom stereocenters. The molecule has 0 bridgehead atoms. The number of aromatic nitrogens is 1. The first kappa shape index (κ1) is 16.9. The van der Waals surface area contributed by atoms with Crippen LogP contribution >= 0.6 is 22.7 Å². The van der Waals surface area contributed by atoms with Crippen LogP contribution in [-0.2, 0) is 6.54 Å². The zero-order valence-corrected chi connectivity index (χ0v) is 16.2. The number of amides is 1. The van der Waals surface area contributed by atoms with E-state index in [1.807, 2.05) is 47.8 Å². The maximum Gasteiger partial charge on any atom is 0.270 e. The fourth-order valence-corrected chi connectivity index (χ4v) is 4.69. The standard InChI is InChI=1S/C21H18N2OS2/c1-14-11-15(2)19-17(12-14)22-21(26-19)23(13-16-7-4-3-5-8-16)20(24)18-9-6-10-25-18/h3-12H,13H2,1-2H3. The Morgan fingerprint density at radius 2 is 1.88 bits per heavy atom. The van der Waals surface area contributed by atoms with Crippen LogP contribution in [0.5, 0.6) is 0 Å². The Morgan fingerprint density at radius 3 is 2.62 bits per heavy atom. The van der Waals surface area contributed by atoms with Gasteiger partial charge in [0.2, 0.25) is 0 Å². The van der Waals surface area contributed by atoms with Gasteiger partial charge < -0.3 is 0 Å². The normalized spacial score (nSPS) is 11.0. The Labute approximate surface area is 160 Å². The summed E-state index contributed by atoms with van der Waals surface area (Å²) in [5.41, 5.74) is 4.43. The minimum atomic E-state index is -0.00251. The lowest BCUT2D eigenvalue weighted by Crippen LogP contribution is -2.29. The highest BCUT2D eigenvalue weighted by Crippen LogP contribution is 2.34. The van der Waals surface area contributed by atoms with Crippen LogP contribution in [0.1, 0.15) is 26.4 Å². The third-order valence-corrected chi connectivity index (χ3v) is 6.29. The Morgan fingerprint density at radius 1 is 1.08 bits per heavy atom. The molecule has 2 aromatic heterocycles. The van der Waals surface area contributed by atoms with E-state index in [-0.39, 0.29) is 5.91 Å². The quantitative estimate of drug-likeness (QED) is 0.448. The molecule has 0 aliphatic carbocycles. The minimum absolute atomic E-state index is 0.00251. The van der Waals surface area contributed by atoms with Crippen molar-refractivity contribution in [2.45, 2.75) is 20.4 Å². The van der Waals surface area contributed by atoms with Crippen LogP contribution in [0.4, 0.5) is 5.13 Å². The fraction of sp³-hybridized carbons (Fsp3) is 0.143. The van der Waals surface area contributed by atoms with Gasteiger partial charge in [0.05, 0.1) is 21.6 Å². The number of thiazole rings is 1. The average Bonchev–Trinajstić information content (AvgIpc) is 3.29. The summed E-state index contributed by atoms with van der Waals surface area (Å²) in [4.78, 5) is 20.5. The van der Waals surface area contributed by atoms with Crippen LogP contribution in [0.25, 0.3) is 10.2 Å². The molecule has 26 heavy (non-hydrogen) atoms. The molecule has 0 spiro atoms. The summed E-state index contributed by atoms with van der Waals surface area (Å²) < 4.78 is 1.14. The SMILES string of the molecule is Cc1cc(C)c2sc(N(Cc3ccccc3)C(=O)c3cccs3)nc2c1. The van der Waals surface area contributed by atoms with E-state index in [0.717, 1.165) is 25.8 Å². The second kappa shape index (κ2) is 7.02. The molecule has 130 valence electrons. The summed E-state index contributed by atoms with van der Waals surface area (Å²) in [6.07, 6.45) is 0. The number of hydrogen-bond acceptors (Lipinski definition) is 4. The lowest BCUT2D eigenvalue weighted by atomic mass is 10.1. The van der Waals surface area contributed by atoms with Gasteiger partial charge in [-0.25, -0.2) is 4.98 Å². The molecule has 0 saturated carbocycles. The number of anilines is 1. The second-order valence-electron chi connectivity index (χ2n) is 6.28. The van der Waals surface area contributed by atoms with Crippen molar-refractivity contribution >= 4 is 43.9 Å². The van der Waals surface area contributed by atoms with Crippen molar-refractivity contribution in [1.82, 2.24) is 4.98 Å². The summed E-state index contributed by atoms with van der Waals surface area (Å²) in [5, 5.41) is 2.68. The molecule has 0 aliphatic heterocycles. The van der Waals surface area contributed by atoms with Crippen LogP contribution in [-0.4, -0.2) is 10.9 Å². The van der Waals surface area contributed by atoms with Crippen LogP contribution in [0.2, 0.25) is 0 Å². The van der Waals surface area contributed by atoms with Gasteiger partial charge in [0, 0.05) is 0 Å². The average molecular weight is 379 g/mol. The van der Waals surface area contributed by atoms with Crippen LogP contribution in [0, 0.1) is 13.8 Å². The van der Waals surface area contributed by atoms with Crippen molar-refractivity contribution in [3.8, 4) is 0 Å². The van der Waals surface area contributed by atoms with E-state index in [9.17, 15) is 4.79 Å². The van der Waals surface area contributed by atoms with Gasteiger partial charge in [0.25, 0.3) is 5.91 Å². The number of fused-ring (bicyclic) bond motifs is 1. The van der Waals surface area contributed by atoms with Gasteiger partial charge in [-0.15, -0.1) is 11.3 Å². The zero-order valence-electron chi connectivity index (χ0n) is 14.6. The van der Waals surface area contributed by atoms with Crippen molar-refractivity contribution in [2.24, 2.45) is 0 Å². The lowest BCUT2D eigenvalue weighted by Gasteiger charge is -2.19. The fourth-order valence-electron chi connectivity index (χ4n) is 3.01. The highest BCUT2D eigenvalue weighted by atomic mass is 32.1. The molecule has 3 nitrogen and oxygen atoms in total. The van der Waals surface area contributed by atoms with E-state index in [1.165, 1.54) is 22.5 Å². The molecule has 5 heteroatoms. The molecule has 0 saturated heterocycles. The number of rotatable bonds is 4. The predicted octanol–water partition coefficient (Wildman–Crippen LogP) is 5.82. The first-order valence-electron chi connectivity index (χ1n) is 8.39. The summed E-state index contributed by atoms with van der Waals surface area (Å²) >= 11 is 3.05. The third-order valence-electron chi connectivity index (χ3n) is 4.20. The molecule has 0 atom stereocenters. The maximum atomic E-state index is 13.1. The maximum absolute atomic E-state index is 13.1. The number of carbonyl (C=O) groups is 1. The largest absolute Gasteiger partial charge is 0.279 e. The molecule has 0 aliphatic rings. The van der Waals surface area contributed by atoms with Crippen LogP contribution in [0.3, 0.4) is 0 Å². The predicted molar refractivity (Wildman–Crippen MR) is 110 cm³/mol. The van der Waals surface area contributed by atoms with Gasteiger partial charge >= 0.3 is 0 Å². The molecular formula is C21H18N2OS2. The highest BCUT2D eigenvalue weighted by molar-refractivity contribution is 7.22. The van der Waals surface area contributed by atoms with Crippen molar-refractivity contribution in [1.29, 1.82) is 0 Å². The molecule has 0 radical (unpaired) electrons. The molecule has 4 rings (SSSR count). The topological polar surface area (TPSA) is 33.2 Å². The molecule has 0 N–H and O–H groups in total. The van der Waals surface area contributed by atoms with E-state index >= 15 is 0 Å². The first-order valence-corrected chi connectivity index (χ1v) is 10.1. The number of benzene rings is 2. The second-order valence-corrected chi connectivity index (χ2v) is 8.21. The van der Waals surface area contributed by atoms with Crippen LogP contribution in [0.15, 0.2) is 60.0 Å². The molecular weight excluding hydrogens is 360 g/mol. The van der Waals surface area contributed by atoms with Crippen molar-refractivity contribution in [3.05, 3.63) is 81.5 Å². The molecule has 0 fully saturated rings.